The fourth-order valence-electron chi connectivity index (χ4n) is 1.83. The largest absolute Gasteiger partial charge is 0.494 e. The molecule has 0 bridgehead atoms. The Morgan fingerprint density at radius 2 is 1.62 bits per heavy atom. The molecule has 3 heteroatoms. The van der Waals surface area contributed by atoms with Gasteiger partial charge in [0.1, 0.15) is 0 Å². The van der Waals surface area contributed by atoms with Crippen molar-refractivity contribution in [3.8, 4) is 11.8 Å². The number of aromatic nitrogens is 1. The summed E-state index contributed by atoms with van der Waals surface area (Å²) >= 11 is 0. The number of allylic oxidation sites excluding steroid dienone is 2. The quantitative estimate of drug-likeness (QED) is 0.643. The second kappa shape index (κ2) is 2.83. The summed E-state index contributed by atoms with van der Waals surface area (Å²) in [6.45, 7) is 2.50. The minimum atomic E-state index is 0.222. The minimum Gasteiger partial charge on any atom is -0.494 e. The number of rotatable bonds is 1. The monoisotopic (exact) mass is 179 g/mol. The number of hydrogen-bond acceptors (Lipinski definition) is 2. The Hall–Kier alpha value is -1.38. The highest BCUT2D eigenvalue weighted by Crippen LogP contribution is 2.36. The van der Waals surface area contributed by atoms with Gasteiger partial charge < -0.3 is 10.2 Å². The molecule has 70 valence electrons. The van der Waals surface area contributed by atoms with E-state index in [1.165, 1.54) is 4.57 Å². The zero-order chi connectivity index (χ0) is 9.42. The summed E-state index contributed by atoms with van der Waals surface area (Å²) in [5.41, 5.74) is 1.75. The van der Waals surface area contributed by atoms with Crippen molar-refractivity contribution >= 4 is 0 Å². The second-order valence-corrected chi connectivity index (χ2v) is 3.23. The van der Waals surface area contributed by atoms with Crippen LogP contribution in [0, 0.1) is 0 Å². The Balaban J connectivity index is 2.59. The maximum Gasteiger partial charge on any atom is 0.197 e. The SMILES string of the molecule is CCn1c(O)c2c(c1O)CC=CC2. The summed E-state index contributed by atoms with van der Waals surface area (Å²) in [6.07, 6.45) is 5.48. The second-order valence-electron chi connectivity index (χ2n) is 3.23. The maximum atomic E-state index is 9.72. The molecule has 3 nitrogen and oxygen atoms in total. The molecule has 0 aliphatic heterocycles. The number of nitrogens with zero attached hydrogens (tertiary/aromatic N) is 1. The van der Waals surface area contributed by atoms with E-state index in [0.717, 1.165) is 24.0 Å². The van der Waals surface area contributed by atoms with Crippen LogP contribution >= 0.6 is 0 Å². The highest BCUT2D eigenvalue weighted by Gasteiger charge is 2.21. The number of fused-ring (bicyclic) bond motifs is 1. The molecule has 0 aromatic carbocycles. The lowest BCUT2D eigenvalue weighted by Crippen LogP contribution is -1.92. The zero-order valence-electron chi connectivity index (χ0n) is 7.62. The summed E-state index contributed by atoms with van der Waals surface area (Å²) in [5, 5.41) is 19.4. The highest BCUT2D eigenvalue weighted by molar-refractivity contribution is 5.49. The summed E-state index contributed by atoms with van der Waals surface area (Å²) in [5.74, 6) is 0.443. The Morgan fingerprint density at radius 3 is 2.00 bits per heavy atom. The molecule has 1 aromatic rings. The molecule has 0 amide bonds. The molecule has 0 unspecified atom stereocenters. The van der Waals surface area contributed by atoms with Crippen molar-refractivity contribution in [1.82, 2.24) is 4.57 Å². The van der Waals surface area contributed by atoms with Gasteiger partial charge >= 0.3 is 0 Å². The third-order valence-electron chi connectivity index (χ3n) is 2.54. The Morgan fingerprint density at radius 1 is 1.15 bits per heavy atom. The lowest BCUT2D eigenvalue weighted by molar-refractivity contribution is 0.371. The Bertz CT molecular complexity index is 332. The molecule has 0 atom stereocenters. The van der Waals surface area contributed by atoms with Crippen molar-refractivity contribution < 1.29 is 10.2 Å². The van der Waals surface area contributed by atoms with Gasteiger partial charge in [0, 0.05) is 17.7 Å². The summed E-state index contributed by atoms with van der Waals surface area (Å²) in [6, 6.07) is 0. The fraction of sp³-hybridized carbons (Fsp3) is 0.400. The normalized spacial score (nSPS) is 14.5. The summed E-state index contributed by atoms with van der Waals surface area (Å²) < 4.78 is 1.54. The highest BCUT2D eigenvalue weighted by atomic mass is 16.3. The first-order valence-corrected chi connectivity index (χ1v) is 4.52. The van der Waals surface area contributed by atoms with Crippen molar-refractivity contribution in [1.29, 1.82) is 0 Å². The number of aromatic hydroxyl groups is 2. The van der Waals surface area contributed by atoms with Gasteiger partial charge in [0.05, 0.1) is 0 Å². The molecule has 0 saturated heterocycles. The molecule has 2 rings (SSSR count). The van der Waals surface area contributed by atoms with Crippen LogP contribution < -0.4 is 0 Å². The molecule has 1 aliphatic rings. The molecule has 13 heavy (non-hydrogen) atoms. The van der Waals surface area contributed by atoms with Gasteiger partial charge in [0.25, 0.3) is 0 Å². The van der Waals surface area contributed by atoms with Gasteiger partial charge in [-0.15, -0.1) is 0 Å². The maximum absolute atomic E-state index is 9.72. The molecular weight excluding hydrogens is 166 g/mol. The van der Waals surface area contributed by atoms with E-state index in [4.69, 9.17) is 0 Å². The predicted molar refractivity (Wildman–Crippen MR) is 50.0 cm³/mol. The van der Waals surface area contributed by atoms with E-state index in [0.29, 0.717) is 6.54 Å². The Kier molecular flexibility index (Phi) is 1.79. The van der Waals surface area contributed by atoms with Crippen LogP contribution in [0.3, 0.4) is 0 Å². The van der Waals surface area contributed by atoms with Crippen LogP contribution in [-0.2, 0) is 19.4 Å². The van der Waals surface area contributed by atoms with Crippen molar-refractivity contribution in [3.05, 3.63) is 23.3 Å². The minimum absolute atomic E-state index is 0.222. The predicted octanol–water partition coefficient (Wildman–Crippen LogP) is 1.57. The van der Waals surface area contributed by atoms with Gasteiger partial charge in [-0.3, -0.25) is 4.57 Å². The van der Waals surface area contributed by atoms with E-state index in [1.54, 1.807) is 0 Å². The van der Waals surface area contributed by atoms with Crippen LogP contribution in [0.2, 0.25) is 0 Å². The fourth-order valence-corrected chi connectivity index (χ4v) is 1.83. The van der Waals surface area contributed by atoms with E-state index in [9.17, 15) is 10.2 Å². The first-order chi connectivity index (χ1) is 6.25. The lowest BCUT2D eigenvalue weighted by Gasteiger charge is -2.03. The van der Waals surface area contributed by atoms with Crippen molar-refractivity contribution in [2.75, 3.05) is 0 Å². The van der Waals surface area contributed by atoms with E-state index in [2.05, 4.69) is 0 Å². The molecule has 0 spiro atoms. The number of hydrogen-bond donors (Lipinski definition) is 2. The first kappa shape index (κ1) is 8.23. The Labute approximate surface area is 76.9 Å². The van der Waals surface area contributed by atoms with Crippen LogP contribution in [0.5, 0.6) is 11.8 Å². The van der Waals surface area contributed by atoms with Crippen LogP contribution in [0.25, 0.3) is 0 Å². The summed E-state index contributed by atoms with van der Waals surface area (Å²) in [4.78, 5) is 0. The van der Waals surface area contributed by atoms with Crippen LogP contribution in [0.4, 0.5) is 0 Å². The molecule has 1 heterocycles. The average Bonchev–Trinajstić information content (AvgIpc) is 2.41. The topological polar surface area (TPSA) is 45.4 Å². The van der Waals surface area contributed by atoms with Crippen LogP contribution in [-0.4, -0.2) is 14.8 Å². The third kappa shape index (κ3) is 1.03. The van der Waals surface area contributed by atoms with Crippen LogP contribution in [0.15, 0.2) is 12.2 Å². The summed E-state index contributed by atoms with van der Waals surface area (Å²) in [7, 11) is 0. The zero-order valence-corrected chi connectivity index (χ0v) is 7.62. The van der Waals surface area contributed by atoms with Crippen LogP contribution in [0.1, 0.15) is 18.1 Å². The van der Waals surface area contributed by atoms with E-state index >= 15 is 0 Å². The molecule has 0 fully saturated rings. The third-order valence-corrected chi connectivity index (χ3v) is 2.54. The molecule has 1 aromatic heterocycles. The molecule has 0 radical (unpaired) electrons. The lowest BCUT2D eigenvalue weighted by atomic mass is 10.0. The van der Waals surface area contributed by atoms with Crippen molar-refractivity contribution in [3.63, 3.8) is 0 Å². The van der Waals surface area contributed by atoms with Gasteiger partial charge in [-0.05, 0) is 19.8 Å². The average molecular weight is 179 g/mol. The standard InChI is InChI=1S/C10H13NO2/c1-2-11-9(12)7-5-3-4-6-8(7)10(11)13/h3-4,12-13H,2,5-6H2,1H3. The molecule has 1 aliphatic carbocycles. The smallest absolute Gasteiger partial charge is 0.197 e. The van der Waals surface area contributed by atoms with Gasteiger partial charge in [-0.2, -0.15) is 0 Å². The first-order valence-electron chi connectivity index (χ1n) is 4.52. The molecule has 2 N–H and O–H groups in total. The van der Waals surface area contributed by atoms with Gasteiger partial charge in [-0.1, -0.05) is 12.2 Å². The molecule has 0 saturated carbocycles. The van der Waals surface area contributed by atoms with Gasteiger partial charge in [0.15, 0.2) is 11.8 Å². The van der Waals surface area contributed by atoms with E-state index in [1.807, 2.05) is 19.1 Å². The van der Waals surface area contributed by atoms with Crippen molar-refractivity contribution in [2.24, 2.45) is 0 Å². The van der Waals surface area contributed by atoms with Gasteiger partial charge in [0.2, 0.25) is 0 Å². The van der Waals surface area contributed by atoms with E-state index in [-0.39, 0.29) is 11.8 Å². The van der Waals surface area contributed by atoms with E-state index < -0.39 is 0 Å². The molecular formula is C10H13NO2. The van der Waals surface area contributed by atoms with Crippen molar-refractivity contribution in [2.45, 2.75) is 26.3 Å². The van der Waals surface area contributed by atoms with Gasteiger partial charge in [-0.25, -0.2) is 0 Å².